The Bertz CT molecular complexity index is 802. The van der Waals surface area contributed by atoms with E-state index in [-0.39, 0.29) is 25.9 Å². The second-order valence-electron chi connectivity index (χ2n) is 6.99. The summed E-state index contributed by atoms with van der Waals surface area (Å²) in [6, 6.07) is 18.3. The number of rotatable bonds is 11. The highest BCUT2D eigenvalue weighted by molar-refractivity contribution is 5.81. The summed E-state index contributed by atoms with van der Waals surface area (Å²) < 4.78 is 4.72. The molecule has 30 heavy (non-hydrogen) atoms. The predicted molar refractivity (Wildman–Crippen MR) is 113 cm³/mol. The molecule has 1 N–H and O–H groups in total. The van der Waals surface area contributed by atoms with E-state index in [9.17, 15) is 14.4 Å². The normalized spacial score (nSPS) is 10.3. The number of esters is 1. The van der Waals surface area contributed by atoms with Gasteiger partial charge in [-0.15, -0.1) is 0 Å². The summed E-state index contributed by atoms with van der Waals surface area (Å²) in [6.07, 6.45) is 4.22. The first-order valence-corrected chi connectivity index (χ1v) is 10.3. The SMILES string of the molecule is CCOC(=O)CCC(=O)ONC(=O)Cc1ccc(CCCCc2ccccc2)cc1. The molecule has 0 aliphatic rings. The second kappa shape index (κ2) is 13.1. The summed E-state index contributed by atoms with van der Waals surface area (Å²) >= 11 is 0. The van der Waals surface area contributed by atoms with Crippen LogP contribution in [0.15, 0.2) is 54.6 Å². The third kappa shape index (κ3) is 9.37. The third-order valence-corrected chi connectivity index (χ3v) is 4.53. The minimum absolute atomic E-state index is 0.0741. The van der Waals surface area contributed by atoms with Crippen molar-refractivity contribution < 1.29 is 24.0 Å². The molecule has 0 unspecified atom stereocenters. The van der Waals surface area contributed by atoms with Crippen molar-refractivity contribution >= 4 is 17.8 Å². The maximum atomic E-state index is 11.9. The zero-order chi connectivity index (χ0) is 21.6. The molecule has 1 amide bonds. The van der Waals surface area contributed by atoms with E-state index in [0.29, 0.717) is 0 Å². The van der Waals surface area contributed by atoms with Gasteiger partial charge in [0.15, 0.2) is 0 Å². The van der Waals surface area contributed by atoms with E-state index in [1.54, 1.807) is 6.92 Å². The number of unbranched alkanes of at least 4 members (excludes halogenated alkanes) is 1. The summed E-state index contributed by atoms with van der Waals surface area (Å²) in [5, 5.41) is 0. The lowest BCUT2D eigenvalue weighted by molar-refractivity contribution is -0.159. The third-order valence-electron chi connectivity index (χ3n) is 4.53. The fraction of sp³-hybridized carbons (Fsp3) is 0.375. The molecule has 6 nitrogen and oxygen atoms in total. The van der Waals surface area contributed by atoms with Crippen LogP contribution in [0.4, 0.5) is 0 Å². The van der Waals surface area contributed by atoms with E-state index in [4.69, 9.17) is 4.74 Å². The van der Waals surface area contributed by atoms with Gasteiger partial charge < -0.3 is 9.57 Å². The van der Waals surface area contributed by atoms with Crippen molar-refractivity contribution in [2.75, 3.05) is 6.61 Å². The van der Waals surface area contributed by atoms with Gasteiger partial charge in [0.2, 0.25) is 0 Å². The molecule has 2 aromatic rings. The smallest absolute Gasteiger partial charge is 0.332 e. The van der Waals surface area contributed by atoms with E-state index >= 15 is 0 Å². The van der Waals surface area contributed by atoms with Crippen LogP contribution in [0.3, 0.4) is 0 Å². The minimum Gasteiger partial charge on any atom is -0.466 e. The number of ether oxygens (including phenoxy) is 1. The van der Waals surface area contributed by atoms with Crippen molar-refractivity contribution in [1.29, 1.82) is 0 Å². The average molecular weight is 411 g/mol. The van der Waals surface area contributed by atoms with Crippen LogP contribution in [0, 0.1) is 0 Å². The molecule has 0 aliphatic heterocycles. The number of aryl methyl sites for hydroxylation is 2. The zero-order valence-electron chi connectivity index (χ0n) is 17.4. The first kappa shape index (κ1) is 23.1. The molecule has 160 valence electrons. The molecule has 0 bridgehead atoms. The van der Waals surface area contributed by atoms with E-state index < -0.39 is 17.8 Å². The number of nitrogens with one attached hydrogen (secondary N) is 1. The Morgan fingerprint density at radius 3 is 1.97 bits per heavy atom. The first-order chi connectivity index (χ1) is 14.6. The van der Waals surface area contributed by atoms with Gasteiger partial charge in [-0.05, 0) is 49.3 Å². The summed E-state index contributed by atoms with van der Waals surface area (Å²) in [5.74, 6) is -1.57. The summed E-state index contributed by atoms with van der Waals surface area (Å²) in [4.78, 5) is 39.3. The van der Waals surface area contributed by atoms with Crippen molar-refractivity contribution in [3.63, 3.8) is 0 Å². The molecule has 0 saturated carbocycles. The second-order valence-corrected chi connectivity index (χ2v) is 6.99. The topological polar surface area (TPSA) is 81.7 Å². The maximum Gasteiger partial charge on any atom is 0.332 e. The van der Waals surface area contributed by atoms with Gasteiger partial charge >= 0.3 is 11.9 Å². The predicted octanol–water partition coefficient (Wildman–Crippen LogP) is 3.71. The van der Waals surface area contributed by atoms with Crippen LogP contribution >= 0.6 is 0 Å². The van der Waals surface area contributed by atoms with E-state index in [0.717, 1.165) is 31.2 Å². The molecule has 0 radical (unpaired) electrons. The van der Waals surface area contributed by atoms with Crippen LogP contribution in [-0.2, 0) is 43.2 Å². The van der Waals surface area contributed by atoms with E-state index in [2.05, 4.69) is 34.6 Å². The highest BCUT2D eigenvalue weighted by Crippen LogP contribution is 2.11. The number of hydrogen-bond acceptors (Lipinski definition) is 5. The standard InChI is InChI=1S/C24H29NO5/c1-2-29-23(27)16-17-24(28)30-25-22(26)18-21-14-12-20(13-15-21)11-7-6-10-19-8-4-3-5-9-19/h3-5,8-9,12-15H,2,6-7,10-11,16-18H2,1H3,(H,25,26). The van der Waals surface area contributed by atoms with Gasteiger partial charge in [-0.1, -0.05) is 54.6 Å². The Morgan fingerprint density at radius 2 is 1.33 bits per heavy atom. The van der Waals surface area contributed by atoms with Crippen LogP contribution in [-0.4, -0.2) is 24.5 Å². The molecule has 0 saturated heterocycles. The lowest BCUT2D eigenvalue weighted by Crippen LogP contribution is -2.28. The first-order valence-electron chi connectivity index (χ1n) is 10.3. The van der Waals surface area contributed by atoms with Crippen LogP contribution in [0.2, 0.25) is 0 Å². The largest absolute Gasteiger partial charge is 0.466 e. The maximum absolute atomic E-state index is 11.9. The Hall–Kier alpha value is -3.15. The molecule has 0 heterocycles. The number of carbonyl (C=O) groups is 3. The minimum atomic E-state index is -0.678. The molecule has 0 spiro atoms. The highest BCUT2D eigenvalue weighted by Gasteiger charge is 2.11. The Balaban J connectivity index is 1.62. The van der Waals surface area contributed by atoms with Crippen molar-refractivity contribution in [3.05, 3.63) is 71.3 Å². The lowest BCUT2D eigenvalue weighted by atomic mass is 10.0. The van der Waals surface area contributed by atoms with Gasteiger partial charge in [0.25, 0.3) is 5.91 Å². The zero-order valence-corrected chi connectivity index (χ0v) is 17.4. The fourth-order valence-electron chi connectivity index (χ4n) is 2.95. The number of carbonyl (C=O) groups excluding carboxylic acids is 3. The van der Waals surface area contributed by atoms with Crippen LogP contribution < -0.4 is 5.48 Å². The number of amides is 1. The quantitative estimate of drug-likeness (QED) is 0.346. The van der Waals surface area contributed by atoms with Crippen LogP contribution in [0.1, 0.15) is 49.3 Å². The van der Waals surface area contributed by atoms with Gasteiger partial charge in [0.05, 0.1) is 25.9 Å². The molecule has 2 aromatic carbocycles. The highest BCUT2D eigenvalue weighted by atomic mass is 16.7. The lowest BCUT2D eigenvalue weighted by Gasteiger charge is -2.07. The Morgan fingerprint density at radius 1 is 0.767 bits per heavy atom. The molecular weight excluding hydrogens is 382 g/mol. The van der Waals surface area contributed by atoms with Gasteiger partial charge in [0, 0.05) is 0 Å². The Kier molecular flexibility index (Phi) is 10.1. The molecule has 6 heteroatoms. The van der Waals surface area contributed by atoms with Crippen molar-refractivity contribution in [1.82, 2.24) is 5.48 Å². The molecule has 0 aromatic heterocycles. The number of benzene rings is 2. The molecule has 0 aliphatic carbocycles. The average Bonchev–Trinajstić information content (AvgIpc) is 2.76. The van der Waals surface area contributed by atoms with Gasteiger partial charge in [0.1, 0.15) is 0 Å². The van der Waals surface area contributed by atoms with Gasteiger partial charge in [-0.25, -0.2) is 4.79 Å². The summed E-state index contributed by atoms with van der Waals surface area (Å²) in [6.45, 7) is 1.95. The molecule has 0 atom stereocenters. The number of hydrogen-bond donors (Lipinski definition) is 1. The van der Waals surface area contributed by atoms with Crippen molar-refractivity contribution in [2.45, 2.75) is 51.9 Å². The molecule has 0 fully saturated rings. The van der Waals surface area contributed by atoms with Crippen molar-refractivity contribution in [3.8, 4) is 0 Å². The summed E-state index contributed by atoms with van der Waals surface area (Å²) in [7, 11) is 0. The van der Waals surface area contributed by atoms with Crippen molar-refractivity contribution in [2.24, 2.45) is 0 Å². The number of hydroxylamine groups is 1. The van der Waals surface area contributed by atoms with Gasteiger partial charge in [-0.3, -0.25) is 9.59 Å². The monoisotopic (exact) mass is 411 g/mol. The molecular formula is C24H29NO5. The van der Waals surface area contributed by atoms with E-state index in [1.807, 2.05) is 30.3 Å². The van der Waals surface area contributed by atoms with E-state index in [1.165, 1.54) is 11.1 Å². The van der Waals surface area contributed by atoms with Crippen LogP contribution in [0.5, 0.6) is 0 Å². The molecule has 2 rings (SSSR count). The fourth-order valence-corrected chi connectivity index (χ4v) is 2.95. The Labute approximate surface area is 177 Å². The van der Waals surface area contributed by atoms with Crippen LogP contribution in [0.25, 0.3) is 0 Å². The van der Waals surface area contributed by atoms with Gasteiger partial charge in [-0.2, -0.15) is 5.48 Å². The summed E-state index contributed by atoms with van der Waals surface area (Å²) in [5.41, 5.74) is 5.55.